The van der Waals surface area contributed by atoms with Crippen LogP contribution < -0.4 is 10.5 Å². The van der Waals surface area contributed by atoms with Crippen LogP contribution in [-0.4, -0.2) is 26.5 Å². The number of anilines is 1. The lowest BCUT2D eigenvalue weighted by Gasteiger charge is -2.27. The van der Waals surface area contributed by atoms with Crippen molar-refractivity contribution in [3.8, 4) is 11.3 Å². The fourth-order valence-corrected chi connectivity index (χ4v) is 4.22. The number of aromatic nitrogens is 3. The van der Waals surface area contributed by atoms with Gasteiger partial charge in [0.2, 0.25) is 5.78 Å². The first-order valence-corrected chi connectivity index (χ1v) is 10.6. The number of fused-ring (bicyclic) bond motifs is 1. The van der Waals surface area contributed by atoms with E-state index in [0.29, 0.717) is 11.1 Å². The normalized spacial score (nSPS) is 17.0. The average molecular weight is 399 g/mol. The van der Waals surface area contributed by atoms with Crippen LogP contribution in [0.25, 0.3) is 17.0 Å². The first-order valence-electron chi connectivity index (χ1n) is 10.2. The van der Waals surface area contributed by atoms with E-state index in [1.165, 1.54) is 12.8 Å². The summed E-state index contributed by atoms with van der Waals surface area (Å²) in [5.74, 6) is 1.73. The minimum absolute atomic E-state index is 0.0245. The van der Waals surface area contributed by atoms with Crippen LogP contribution in [0.2, 0.25) is 5.02 Å². The molecule has 0 bridgehead atoms. The second kappa shape index (κ2) is 8.00. The number of benzene rings is 1. The summed E-state index contributed by atoms with van der Waals surface area (Å²) < 4.78 is 3.92. The molecule has 0 amide bonds. The summed E-state index contributed by atoms with van der Waals surface area (Å²) in [6, 6.07) is 9.83. The van der Waals surface area contributed by atoms with Crippen molar-refractivity contribution in [1.29, 1.82) is 0 Å². The summed E-state index contributed by atoms with van der Waals surface area (Å²) >= 11 is 6.02. The Morgan fingerprint density at radius 1 is 1.21 bits per heavy atom. The molecule has 148 valence electrons. The highest BCUT2D eigenvalue weighted by molar-refractivity contribution is 6.30. The van der Waals surface area contributed by atoms with E-state index in [-0.39, 0.29) is 5.56 Å². The highest BCUT2D eigenvalue weighted by Gasteiger charge is 2.25. The van der Waals surface area contributed by atoms with Gasteiger partial charge < -0.3 is 4.90 Å². The SMILES string of the molecule is CCCCCn1c(N2CCCC2C)cc(=O)n2cc(-c3ccc(Cl)cc3)nc12. The van der Waals surface area contributed by atoms with E-state index in [1.54, 1.807) is 10.5 Å². The molecule has 6 heteroatoms. The number of hydrogen-bond acceptors (Lipinski definition) is 3. The lowest BCUT2D eigenvalue weighted by molar-refractivity contribution is 0.588. The monoisotopic (exact) mass is 398 g/mol. The Morgan fingerprint density at radius 3 is 2.68 bits per heavy atom. The molecular formula is C22H27ClN4O. The smallest absolute Gasteiger partial charge is 0.261 e. The van der Waals surface area contributed by atoms with Gasteiger partial charge in [-0.25, -0.2) is 4.98 Å². The van der Waals surface area contributed by atoms with Crippen LogP contribution in [0.15, 0.2) is 41.3 Å². The van der Waals surface area contributed by atoms with E-state index >= 15 is 0 Å². The van der Waals surface area contributed by atoms with Crippen molar-refractivity contribution in [1.82, 2.24) is 14.0 Å². The maximum absolute atomic E-state index is 12.9. The fraction of sp³-hybridized carbons (Fsp3) is 0.455. The predicted molar refractivity (Wildman–Crippen MR) is 115 cm³/mol. The molecule has 0 N–H and O–H groups in total. The number of unbranched alkanes of at least 4 members (excludes halogenated alkanes) is 2. The maximum atomic E-state index is 12.9. The Morgan fingerprint density at radius 2 is 2.00 bits per heavy atom. The van der Waals surface area contributed by atoms with Gasteiger partial charge in [-0.05, 0) is 38.3 Å². The van der Waals surface area contributed by atoms with E-state index in [0.717, 1.165) is 55.2 Å². The van der Waals surface area contributed by atoms with E-state index in [9.17, 15) is 4.79 Å². The third-order valence-electron chi connectivity index (χ3n) is 5.67. The average Bonchev–Trinajstić information content (AvgIpc) is 3.31. The minimum Gasteiger partial charge on any atom is -0.355 e. The van der Waals surface area contributed by atoms with E-state index in [1.807, 2.05) is 30.5 Å². The molecule has 4 rings (SSSR count). The van der Waals surface area contributed by atoms with Crippen molar-refractivity contribution in [2.45, 2.75) is 58.5 Å². The molecule has 3 aromatic rings. The van der Waals surface area contributed by atoms with E-state index < -0.39 is 0 Å². The number of aryl methyl sites for hydroxylation is 1. The van der Waals surface area contributed by atoms with Crippen molar-refractivity contribution in [3.05, 3.63) is 51.9 Å². The van der Waals surface area contributed by atoms with Crippen molar-refractivity contribution in [2.24, 2.45) is 0 Å². The summed E-state index contributed by atoms with van der Waals surface area (Å²) in [4.78, 5) is 20.1. The Balaban J connectivity index is 1.85. The van der Waals surface area contributed by atoms with Crippen LogP contribution >= 0.6 is 11.6 Å². The van der Waals surface area contributed by atoms with Gasteiger partial charge in [0.25, 0.3) is 5.56 Å². The summed E-state index contributed by atoms with van der Waals surface area (Å²) in [6.07, 6.45) is 7.58. The van der Waals surface area contributed by atoms with Crippen molar-refractivity contribution >= 4 is 23.2 Å². The summed E-state index contributed by atoms with van der Waals surface area (Å²) in [7, 11) is 0. The third-order valence-corrected chi connectivity index (χ3v) is 5.92. The summed E-state index contributed by atoms with van der Waals surface area (Å²) in [6.45, 7) is 6.31. The number of hydrogen-bond donors (Lipinski definition) is 0. The van der Waals surface area contributed by atoms with Crippen molar-refractivity contribution < 1.29 is 0 Å². The predicted octanol–water partition coefficient (Wildman–Crippen LogP) is 5.00. The lowest BCUT2D eigenvalue weighted by Crippen LogP contribution is -2.32. The van der Waals surface area contributed by atoms with E-state index in [2.05, 4.69) is 23.3 Å². The van der Waals surface area contributed by atoms with Gasteiger partial charge in [0.05, 0.1) is 5.69 Å². The second-order valence-corrected chi connectivity index (χ2v) is 8.12. The first kappa shape index (κ1) is 19.1. The Hall–Kier alpha value is -2.27. The van der Waals surface area contributed by atoms with Gasteiger partial charge in [-0.3, -0.25) is 13.8 Å². The Bertz CT molecular complexity index is 1020. The van der Waals surface area contributed by atoms with Gasteiger partial charge in [-0.15, -0.1) is 0 Å². The molecule has 2 aromatic heterocycles. The Kier molecular flexibility index (Phi) is 5.44. The van der Waals surface area contributed by atoms with E-state index in [4.69, 9.17) is 16.6 Å². The quantitative estimate of drug-likeness (QED) is 0.549. The summed E-state index contributed by atoms with van der Waals surface area (Å²) in [5.41, 5.74) is 1.73. The number of rotatable bonds is 6. The van der Waals surface area contributed by atoms with Gasteiger partial charge in [0, 0.05) is 42.0 Å². The molecule has 28 heavy (non-hydrogen) atoms. The number of nitrogens with zero attached hydrogens (tertiary/aromatic N) is 4. The standard InChI is InChI=1S/C22H27ClN4O/c1-3-4-5-12-26-20(25-13-6-7-16(25)2)14-21(28)27-15-19(24-22(26)27)17-8-10-18(23)11-9-17/h8-11,14-16H,3-7,12-13H2,1-2H3. The fourth-order valence-electron chi connectivity index (χ4n) is 4.09. The minimum atomic E-state index is -0.0245. The molecule has 0 spiro atoms. The van der Waals surface area contributed by atoms with Crippen LogP contribution in [0.5, 0.6) is 0 Å². The maximum Gasteiger partial charge on any atom is 0.261 e. The molecule has 1 saturated heterocycles. The molecule has 1 aromatic carbocycles. The zero-order valence-corrected chi connectivity index (χ0v) is 17.3. The first-order chi connectivity index (χ1) is 13.6. The highest BCUT2D eigenvalue weighted by atomic mass is 35.5. The Labute approximate surface area is 170 Å². The molecule has 1 aliphatic heterocycles. The molecule has 0 radical (unpaired) electrons. The van der Waals surface area contributed by atoms with Crippen LogP contribution in [0.1, 0.15) is 46.0 Å². The molecule has 1 atom stereocenters. The molecule has 0 aliphatic carbocycles. The van der Waals surface area contributed by atoms with Crippen LogP contribution in [0, 0.1) is 0 Å². The highest BCUT2D eigenvalue weighted by Crippen LogP contribution is 2.27. The number of halogens is 1. The second-order valence-electron chi connectivity index (χ2n) is 7.69. The van der Waals surface area contributed by atoms with Gasteiger partial charge >= 0.3 is 0 Å². The molecule has 1 fully saturated rings. The molecule has 1 aliphatic rings. The van der Waals surface area contributed by atoms with Crippen molar-refractivity contribution in [3.63, 3.8) is 0 Å². The largest absolute Gasteiger partial charge is 0.355 e. The zero-order chi connectivity index (χ0) is 19.7. The van der Waals surface area contributed by atoms with Crippen LogP contribution in [0.4, 0.5) is 5.82 Å². The van der Waals surface area contributed by atoms with Crippen LogP contribution in [-0.2, 0) is 6.54 Å². The summed E-state index contributed by atoms with van der Waals surface area (Å²) in [5, 5.41) is 0.692. The van der Waals surface area contributed by atoms with Crippen molar-refractivity contribution in [2.75, 3.05) is 11.4 Å². The topological polar surface area (TPSA) is 42.5 Å². The molecule has 3 heterocycles. The zero-order valence-electron chi connectivity index (χ0n) is 16.6. The molecular weight excluding hydrogens is 372 g/mol. The van der Waals surface area contributed by atoms with Gasteiger partial charge in [-0.2, -0.15) is 0 Å². The lowest BCUT2D eigenvalue weighted by atomic mass is 10.2. The number of imidazole rings is 1. The van der Waals surface area contributed by atoms with Gasteiger partial charge in [0.1, 0.15) is 5.82 Å². The van der Waals surface area contributed by atoms with Gasteiger partial charge in [-0.1, -0.05) is 43.5 Å². The molecule has 0 saturated carbocycles. The van der Waals surface area contributed by atoms with Crippen LogP contribution in [0.3, 0.4) is 0 Å². The molecule has 5 nitrogen and oxygen atoms in total. The van der Waals surface area contributed by atoms with Gasteiger partial charge in [0.15, 0.2) is 0 Å². The molecule has 1 unspecified atom stereocenters. The third kappa shape index (κ3) is 3.55.